The van der Waals surface area contributed by atoms with Crippen LogP contribution in [0.4, 0.5) is 0 Å². The Morgan fingerprint density at radius 1 is 1.38 bits per heavy atom. The SMILES string of the molecule is Cc1cccnc1Cn1cccc1C(C)O. The molecule has 3 heteroatoms. The first kappa shape index (κ1) is 10.9. The Morgan fingerprint density at radius 2 is 2.19 bits per heavy atom. The van der Waals surface area contributed by atoms with Crippen molar-refractivity contribution in [2.45, 2.75) is 26.5 Å². The average Bonchev–Trinajstić information content (AvgIpc) is 2.69. The van der Waals surface area contributed by atoms with Crippen molar-refractivity contribution < 1.29 is 5.11 Å². The van der Waals surface area contributed by atoms with Crippen LogP contribution in [0.15, 0.2) is 36.7 Å². The zero-order valence-electron chi connectivity index (χ0n) is 9.59. The van der Waals surface area contributed by atoms with E-state index in [4.69, 9.17) is 0 Å². The van der Waals surface area contributed by atoms with E-state index < -0.39 is 6.10 Å². The fourth-order valence-electron chi connectivity index (χ4n) is 1.80. The Labute approximate surface area is 95.4 Å². The van der Waals surface area contributed by atoms with Crippen molar-refractivity contribution in [3.63, 3.8) is 0 Å². The highest BCUT2D eigenvalue weighted by atomic mass is 16.3. The summed E-state index contributed by atoms with van der Waals surface area (Å²) < 4.78 is 2.03. The molecule has 2 heterocycles. The van der Waals surface area contributed by atoms with Crippen molar-refractivity contribution in [2.24, 2.45) is 0 Å². The van der Waals surface area contributed by atoms with Crippen molar-refractivity contribution in [2.75, 3.05) is 0 Å². The molecule has 2 aromatic heterocycles. The van der Waals surface area contributed by atoms with E-state index in [1.165, 1.54) is 5.56 Å². The first-order chi connectivity index (χ1) is 7.68. The fourth-order valence-corrected chi connectivity index (χ4v) is 1.80. The van der Waals surface area contributed by atoms with Gasteiger partial charge in [-0.25, -0.2) is 0 Å². The fraction of sp³-hybridized carbons (Fsp3) is 0.308. The molecule has 84 valence electrons. The summed E-state index contributed by atoms with van der Waals surface area (Å²) in [6, 6.07) is 7.86. The minimum Gasteiger partial charge on any atom is -0.387 e. The number of nitrogens with zero attached hydrogens (tertiary/aromatic N) is 2. The van der Waals surface area contributed by atoms with Gasteiger partial charge in [0.2, 0.25) is 0 Å². The lowest BCUT2D eigenvalue weighted by atomic mass is 10.2. The molecule has 0 aliphatic carbocycles. The van der Waals surface area contributed by atoms with E-state index in [0.717, 1.165) is 11.4 Å². The number of pyridine rings is 1. The minimum atomic E-state index is -0.445. The van der Waals surface area contributed by atoms with Gasteiger partial charge in [0.1, 0.15) is 0 Å². The number of aliphatic hydroxyl groups is 1. The summed E-state index contributed by atoms with van der Waals surface area (Å²) in [5, 5.41) is 9.60. The molecule has 1 unspecified atom stereocenters. The highest BCUT2D eigenvalue weighted by molar-refractivity contribution is 5.20. The maximum absolute atomic E-state index is 9.60. The van der Waals surface area contributed by atoms with Crippen LogP contribution in [0.25, 0.3) is 0 Å². The smallest absolute Gasteiger partial charge is 0.0911 e. The van der Waals surface area contributed by atoms with Gasteiger partial charge < -0.3 is 9.67 Å². The zero-order chi connectivity index (χ0) is 11.5. The molecule has 1 N–H and O–H groups in total. The first-order valence-corrected chi connectivity index (χ1v) is 5.42. The van der Waals surface area contributed by atoms with Crippen LogP contribution in [-0.2, 0) is 6.54 Å². The molecule has 0 fully saturated rings. The van der Waals surface area contributed by atoms with Gasteiger partial charge in [-0.1, -0.05) is 6.07 Å². The lowest BCUT2D eigenvalue weighted by Crippen LogP contribution is -2.08. The first-order valence-electron chi connectivity index (χ1n) is 5.42. The van der Waals surface area contributed by atoms with Crippen LogP contribution in [0.2, 0.25) is 0 Å². The molecule has 1 atom stereocenters. The quantitative estimate of drug-likeness (QED) is 0.854. The largest absolute Gasteiger partial charge is 0.387 e. The summed E-state index contributed by atoms with van der Waals surface area (Å²) in [4.78, 5) is 4.35. The highest BCUT2D eigenvalue weighted by Gasteiger charge is 2.08. The topological polar surface area (TPSA) is 38.0 Å². The van der Waals surface area contributed by atoms with E-state index in [0.29, 0.717) is 6.54 Å². The standard InChI is InChI=1S/C13H16N2O/c1-10-5-3-7-14-12(10)9-15-8-4-6-13(15)11(2)16/h3-8,11,16H,9H2,1-2H3. The van der Waals surface area contributed by atoms with Crippen LogP contribution in [0.1, 0.15) is 30.0 Å². The van der Waals surface area contributed by atoms with Crippen LogP contribution in [0.3, 0.4) is 0 Å². The molecule has 0 spiro atoms. The van der Waals surface area contributed by atoms with E-state index in [9.17, 15) is 5.11 Å². The van der Waals surface area contributed by atoms with Gasteiger partial charge in [-0.05, 0) is 37.6 Å². The molecule has 3 nitrogen and oxygen atoms in total. The van der Waals surface area contributed by atoms with E-state index in [2.05, 4.69) is 4.98 Å². The summed E-state index contributed by atoms with van der Waals surface area (Å²) >= 11 is 0. The molecule has 2 rings (SSSR count). The predicted molar refractivity (Wildman–Crippen MR) is 63.1 cm³/mol. The average molecular weight is 216 g/mol. The molecule has 2 aromatic rings. The van der Waals surface area contributed by atoms with Gasteiger partial charge in [-0.3, -0.25) is 4.98 Å². The van der Waals surface area contributed by atoms with Gasteiger partial charge in [0.05, 0.1) is 18.3 Å². The summed E-state index contributed by atoms with van der Waals surface area (Å²) in [5.74, 6) is 0. The molecule has 0 amide bonds. The molecule has 0 aliphatic rings. The van der Waals surface area contributed by atoms with Crippen LogP contribution < -0.4 is 0 Å². The third-order valence-electron chi connectivity index (χ3n) is 2.73. The second-order valence-electron chi connectivity index (χ2n) is 4.00. The maximum atomic E-state index is 9.60. The molecule has 0 saturated heterocycles. The molecular weight excluding hydrogens is 200 g/mol. The van der Waals surface area contributed by atoms with E-state index in [1.54, 1.807) is 13.1 Å². The Balaban J connectivity index is 2.27. The summed E-state index contributed by atoms with van der Waals surface area (Å²) in [6.45, 7) is 4.53. The van der Waals surface area contributed by atoms with Crippen molar-refractivity contribution in [3.8, 4) is 0 Å². The van der Waals surface area contributed by atoms with E-state index in [1.807, 2.05) is 42.0 Å². The molecule has 0 radical (unpaired) electrons. The highest BCUT2D eigenvalue weighted by Crippen LogP contribution is 2.15. The molecular formula is C13H16N2O. The van der Waals surface area contributed by atoms with Gasteiger partial charge in [-0.2, -0.15) is 0 Å². The Hall–Kier alpha value is -1.61. The number of aryl methyl sites for hydroxylation is 1. The van der Waals surface area contributed by atoms with E-state index >= 15 is 0 Å². The summed E-state index contributed by atoms with van der Waals surface area (Å²) in [6.07, 6.45) is 3.32. The van der Waals surface area contributed by atoms with Crippen molar-refractivity contribution >= 4 is 0 Å². The number of hydrogen-bond donors (Lipinski definition) is 1. The van der Waals surface area contributed by atoms with Gasteiger partial charge in [0.25, 0.3) is 0 Å². The maximum Gasteiger partial charge on any atom is 0.0911 e. The van der Waals surface area contributed by atoms with Crippen LogP contribution in [-0.4, -0.2) is 14.7 Å². The lowest BCUT2D eigenvalue weighted by molar-refractivity contribution is 0.189. The van der Waals surface area contributed by atoms with E-state index in [-0.39, 0.29) is 0 Å². The lowest BCUT2D eigenvalue weighted by Gasteiger charge is -2.12. The normalized spacial score (nSPS) is 12.7. The third-order valence-corrected chi connectivity index (χ3v) is 2.73. The van der Waals surface area contributed by atoms with Crippen LogP contribution >= 0.6 is 0 Å². The Kier molecular flexibility index (Phi) is 3.06. The number of rotatable bonds is 3. The second-order valence-corrected chi connectivity index (χ2v) is 4.00. The summed E-state index contributed by atoms with van der Waals surface area (Å²) in [5.41, 5.74) is 3.14. The molecule has 0 bridgehead atoms. The second kappa shape index (κ2) is 4.49. The third kappa shape index (κ3) is 2.14. The van der Waals surface area contributed by atoms with Gasteiger partial charge >= 0.3 is 0 Å². The zero-order valence-corrected chi connectivity index (χ0v) is 9.59. The molecule has 16 heavy (non-hydrogen) atoms. The van der Waals surface area contributed by atoms with Crippen molar-refractivity contribution in [3.05, 3.63) is 53.6 Å². The monoisotopic (exact) mass is 216 g/mol. The van der Waals surface area contributed by atoms with Crippen LogP contribution in [0, 0.1) is 6.92 Å². The molecule has 0 aromatic carbocycles. The van der Waals surface area contributed by atoms with Crippen molar-refractivity contribution in [1.29, 1.82) is 0 Å². The van der Waals surface area contributed by atoms with Gasteiger partial charge in [0.15, 0.2) is 0 Å². The number of aliphatic hydroxyl groups excluding tert-OH is 1. The molecule has 0 aliphatic heterocycles. The van der Waals surface area contributed by atoms with Gasteiger partial charge in [-0.15, -0.1) is 0 Å². The van der Waals surface area contributed by atoms with Crippen molar-refractivity contribution in [1.82, 2.24) is 9.55 Å². The predicted octanol–water partition coefficient (Wildman–Crippen LogP) is 2.29. The Bertz CT molecular complexity index is 474. The van der Waals surface area contributed by atoms with Gasteiger partial charge in [0, 0.05) is 18.1 Å². The number of hydrogen-bond acceptors (Lipinski definition) is 2. The van der Waals surface area contributed by atoms with Crippen LogP contribution in [0.5, 0.6) is 0 Å². The summed E-state index contributed by atoms with van der Waals surface area (Å²) in [7, 11) is 0. The minimum absolute atomic E-state index is 0.445. The number of aromatic nitrogens is 2. The molecule has 0 saturated carbocycles. The Morgan fingerprint density at radius 3 is 2.88 bits per heavy atom.